The molecule has 3 N–H and O–H groups in total. The van der Waals surface area contributed by atoms with Crippen molar-refractivity contribution >= 4 is 5.91 Å². The standard InChI is InChI=1S/C16H23NO3/c1-12(7-9-18)13(2)11-14-3-5-15(6-4-14)16(20)17-8-10-19/h3-6,18-19H,7-11H2,1-2H3,(H,17,20)/b13-12+. The van der Waals surface area contributed by atoms with Crippen molar-refractivity contribution in [3.8, 4) is 0 Å². The molecule has 20 heavy (non-hydrogen) atoms. The molecule has 0 radical (unpaired) electrons. The largest absolute Gasteiger partial charge is 0.396 e. The summed E-state index contributed by atoms with van der Waals surface area (Å²) in [6.07, 6.45) is 1.53. The predicted molar refractivity (Wildman–Crippen MR) is 79.6 cm³/mol. The third-order valence-electron chi connectivity index (χ3n) is 3.30. The lowest BCUT2D eigenvalue weighted by atomic mass is 9.99. The highest BCUT2D eigenvalue weighted by atomic mass is 16.3. The van der Waals surface area contributed by atoms with Crippen molar-refractivity contribution in [2.45, 2.75) is 26.7 Å². The first-order valence-corrected chi connectivity index (χ1v) is 6.82. The van der Waals surface area contributed by atoms with Gasteiger partial charge in [0, 0.05) is 18.7 Å². The van der Waals surface area contributed by atoms with Crippen LogP contribution in [0.4, 0.5) is 0 Å². The van der Waals surface area contributed by atoms with Gasteiger partial charge in [-0.1, -0.05) is 23.3 Å². The second kappa shape index (κ2) is 8.51. The Morgan fingerprint density at radius 2 is 1.70 bits per heavy atom. The molecule has 4 heteroatoms. The molecule has 0 aliphatic heterocycles. The smallest absolute Gasteiger partial charge is 0.251 e. The summed E-state index contributed by atoms with van der Waals surface area (Å²) in [5.74, 6) is -0.172. The van der Waals surface area contributed by atoms with Gasteiger partial charge in [-0.05, 0) is 44.4 Å². The van der Waals surface area contributed by atoms with Crippen molar-refractivity contribution in [2.75, 3.05) is 19.8 Å². The summed E-state index contributed by atoms with van der Waals surface area (Å²) >= 11 is 0. The van der Waals surface area contributed by atoms with E-state index in [9.17, 15) is 4.79 Å². The minimum atomic E-state index is -0.172. The van der Waals surface area contributed by atoms with E-state index in [1.165, 1.54) is 11.1 Å². The van der Waals surface area contributed by atoms with Crippen LogP contribution in [0.2, 0.25) is 0 Å². The third kappa shape index (κ3) is 5.15. The Labute approximate surface area is 120 Å². The van der Waals surface area contributed by atoms with Crippen LogP contribution < -0.4 is 5.32 Å². The number of carbonyl (C=O) groups is 1. The van der Waals surface area contributed by atoms with Gasteiger partial charge in [-0.25, -0.2) is 0 Å². The normalized spacial score (nSPS) is 12.0. The van der Waals surface area contributed by atoms with Crippen molar-refractivity contribution in [2.24, 2.45) is 0 Å². The van der Waals surface area contributed by atoms with E-state index < -0.39 is 0 Å². The molecule has 0 heterocycles. The minimum absolute atomic E-state index is 0.0576. The highest BCUT2D eigenvalue weighted by Gasteiger charge is 2.05. The molecule has 0 saturated heterocycles. The van der Waals surface area contributed by atoms with Crippen LogP contribution in [-0.4, -0.2) is 35.9 Å². The summed E-state index contributed by atoms with van der Waals surface area (Å²) in [6, 6.07) is 7.45. The Hall–Kier alpha value is -1.65. The number of aliphatic hydroxyl groups is 2. The van der Waals surface area contributed by atoms with E-state index in [2.05, 4.69) is 12.2 Å². The molecular formula is C16H23NO3. The summed E-state index contributed by atoms with van der Waals surface area (Å²) in [5, 5.41) is 20.2. The Balaban J connectivity index is 2.67. The molecule has 0 unspecified atom stereocenters. The van der Waals surface area contributed by atoms with Crippen molar-refractivity contribution < 1.29 is 15.0 Å². The SMILES string of the molecule is C/C(CCO)=C(/C)Cc1ccc(C(=O)NCCO)cc1. The molecule has 0 fully saturated rings. The number of hydrogen-bond donors (Lipinski definition) is 3. The number of nitrogens with one attached hydrogen (secondary N) is 1. The molecule has 0 aromatic heterocycles. The second-order valence-electron chi connectivity index (χ2n) is 4.89. The van der Waals surface area contributed by atoms with Gasteiger partial charge in [0.1, 0.15) is 0 Å². The average molecular weight is 277 g/mol. The van der Waals surface area contributed by atoms with Gasteiger partial charge in [0.05, 0.1) is 6.61 Å². The molecule has 4 nitrogen and oxygen atoms in total. The van der Waals surface area contributed by atoms with Gasteiger partial charge < -0.3 is 15.5 Å². The zero-order chi connectivity index (χ0) is 15.0. The van der Waals surface area contributed by atoms with E-state index in [-0.39, 0.29) is 25.7 Å². The van der Waals surface area contributed by atoms with Crippen LogP contribution in [0.25, 0.3) is 0 Å². The van der Waals surface area contributed by atoms with Crippen LogP contribution in [0.3, 0.4) is 0 Å². The monoisotopic (exact) mass is 277 g/mol. The molecule has 0 spiro atoms. The first-order valence-electron chi connectivity index (χ1n) is 6.82. The molecule has 0 saturated carbocycles. The quantitative estimate of drug-likeness (QED) is 0.664. The first kappa shape index (κ1) is 16.4. The maximum absolute atomic E-state index is 11.7. The van der Waals surface area contributed by atoms with E-state index in [0.29, 0.717) is 12.0 Å². The minimum Gasteiger partial charge on any atom is -0.396 e. The van der Waals surface area contributed by atoms with Crippen LogP contribution in [0, 0.1) is 0 Å². The van der Waals surface area contributed by atoms with Gasteiger partial charge in [0.15, 0.2) is 0 Å². The van der Waals surface area contributed by atoms with Gasteiger partial charge in [0.25, 0.3) is 5.91 Å². The topological polar surface area (TPSA) is 69.6 Å². The lowest BCUT2D eigenvalue weighted by Crippen LogP contribution is -2.26. The molecule has 1 amide bonds. The molecule has 1 rings (SSSR count). The van der Waals surface area contributed by atoms with Gasteiger partial charge in [-0.15, -0.1) is 0 Å². The van der Waals surface area contributed by atoms with Crippen LogP contribution in [0.1, 0.15) is 36.2 Å². The molecular weight excluding hydrogens is 254 g/mol. The van der Waals surface area contributed by atoms with Gasteiger partial charge in [0.2, 0.25) is 0 Å². The molecule has 110 valence electrons. The van der Waals surface area contributed by atoms with Crippen LogP contribution in [-0.2, 0) is 6.42 Å². The van der Waals surface area contributed by atoms with E-state index >= 15 is 0 Å². The van der Waals surface area contributed by atoms with E-state index in [4.69, 9.17) is 10.2 Å². The molecule has 0 aliphatic carbocycles. The maximum atomic E-state index is 11.7. The number of rotatable bonds is 7. The summed E-state index contributed by atoms with van der Waals surface area (Å²) in [5.41, 5.74) is 4.18. The highest BCUT2D eigenvalue weighted by Crippen LogP contribution is 2.14. The zero-order valence-electron chi connectivity index (χ0n) is 12.1. The van der Waals surface area contributed by atoms with E-state index in [0.717, 1.165) is 12.0 Å². The Morgan fingerprint density at radius 1 is 1.05 bits per heavy atom. The third-order valence-corrected chi connectivity index (χ3v) is 3.30. The number of carbonyl (C=O) groups excluding carboxylic acids is 1. The molecule has 0 bridgehead atoms. The van der Waals surface area contributed by atoms with Crippen LogP contribution >= 0.6 is 0 Å². The van der Waals surface area contributed by atoms with Gasteiger partial charge in [-0.3, -0.25) is 4.79 Å². The number of aliphatic hydroxyl groups excluding tert-OH is 2. The van der Waals surface area contributed by atoms with Crippen LogP contribution in [0.15, 0.2) is 35.4 Å². The van der Waals surface area contributed by atoms with Crippen LogP contribution in [0.5, 0.6) is 0 Å². The fraction of sp³-hybridized carbons (Fsp3) is 0.438. The first-order chi connectivity index (χ1) is 9.58. The molecule has 1 aromatic carbocycles. The number of benzene rings is 1. The van der Waals surface area contributed by atoms with E-state index in [1.807, 2.05) is 19.1 Å². The Bertz CT molecular complexity index is 463. The van der Waals surface area contributed by atoms with Gasteiger partial charge >= 0.3 is 0 Å². The summed E-state index contributed by atoms with van der Waals surface area (Å²) < 4.78 is 0. The Kier molecular flexibility index (Phi) is 6.98. The number of hydrogen-bond acceptors (Lipinski definition) is 3. The summed E-state index contributed by atoms with van der Waals surface area (Å²) in [4.78, 5) is 11.7. The summed E-state index contributed by atoms with van der Waals surface area (Å²) in [6.45, 7) is 4.48. The number of allylic oxidation sites excluding steroid dienone is 1. The fourth-order valence-corrected chi connectivity index (χ4v) is 1.88. The Morgan fingerprint density at radius 3 is 2.25 bits per heavy atom. The zero-order valence-corrected chi connectivity index (χ0v) is 12.1. The lowest BCUT2D eigenvalue weighted by Gasteiger charge is -2.08. The predicted octanol–water partition coefficient (Wildman–Crippen LogP) is 1.67. The van der Waals surface area contributed by atoms with Crippen molar-refractivity contribution in [3.05, 3.63) is 46.5 Å². The summed E-state index contributed by atoms with van der Waals surface area (Å²) in [7, 11) is 0. The maximum Gasteiger partial charge on any atom is 0.251 e. The van der Waals surface area contributed by atoms with Crippen molar-refractivity contribution in [1.29, 1.82) is 0 Å². The van der Waals surface area contributed by atoms with Crippen molar-refractivity contribution in [1.82, 2.24) is 5.32 Å². The molecule has 1 aromatic rings. The van der Waals surface area contributed by atoms with E-state index in [1.54, 1.807) is 12.1 Å². The number of amides is 1. The molecule has 0 aliphatic rings. The second-order valence-corrected chi connectivity index (χ2v) is 4.89. The fourth-order valence-electron chi connectivity index (χ4n) is 1.88. The molecule has 0 atom stereocenters. The lowest BCUT2D eigenvalue weighted by molar-refractivity contribution is 0.0945. The highest BCUT2D eigenvalue weighted by molar-refractivity contribution is 5.94. The van der Waals surface area contributed by atoms with Crippen molar-refractivity contribution in [3.63, 3.8) is 0 Å². The average Bonchev–Trinajstić information content (AvgIpc) is 2.45. The van der Waals surface area contributed by atoms with Gasteiger partial charge in [-0.2, -0.15) is 0 Å².